The number of ether oxygens (including phenoxy) is 1. The van der Waals surface area contributed by atoms with Crippen LogP contribution in [-0.4, -0.2) is 46.7 Å². The smallest absolute Gasteiger partial charge is 0.410 e. The summed E-state index contributed by atoms with van der Waals surface area (Å²) < 4.78 is 5.35. The van der Waals surface area contributed by atoms with Crippen LogP contribution in [0.4, 0.5) is 4.79 Å². The Morgan fingerprint density at radius 3 is 2.24 bits per heavy atom. The lowest BCUT2D eigenvalue weighted by Crippen LogP contribution is -2.45. The van der Waals surface area contributed by atoms with Crippen LogP contribution >= 0.6 is 0 Å². The fourth-order valence-electron chi connectivity index (χ4n) is 2.67. The lowest BCUT2D eigenvalue weighted by molar-refractivity contribution is -0.127. The SMILES string of the molecule is CCC(=O)[C@@H](C)[C@H](O)C1CCN(C(=O)OC(C)(C)C)CC1. The van der Waals surface area contributed by atoms with Gasteiger partial charge in [-0.15, -0.1) is 0 Å². The molecule has 0 aromatic carbocycles. The van der Waals surface area contributed by atoms with Crippen LogP contribution in [0.2, 0.25) is 0 Å². The molecule has 2 atom stereocenters. The van der Waals surface area contributed by atoms with Crippen LogP contribution in [0.25, 0.3) is 0 Å². The Hall–Kier alpha value is -1.10. The number of ketones is 1. The summed E-state index contributed by atoms with van der Waals surface area (Å²) in [5, 5.41) is 10.3. The van der Waals surface area contributed by atoms with Gasteiger partial charge in [-0.3, -0.25) is 4.79 Å². The van der Waals surface area contributed by atoms with E-state index in [-0.39, 0.29) is 23.7 Å². The second kappa shape index (κ2) is 7.25. The molecule has 122 valence electrons. The Kier molecular flexibility index (Phi) is 6.20. The molecule has 0 spiro atoms. The standard InChI is InChI=1S/C16H29NO4/c1-6-13(18)11(2)14(19)12-7-9-17(10-8-12)15(20)21-16(3,4)5/h11-12,14,19H,6-10H2,1-5H3/t11-,14+/m1/s1. The number of rotatable bonds is 4. The van der Waals surface area contributed by atoms with E-state index in [1.807, 2.05) is 27.7 Å². The first-order valence-corrected chi connectivity index (χ1v) is 7.84. The van der Waals surface area contributed by atoms with E-state index in [1.54, 1.807) is 11.8 Å². The second-order valence-corrected chi connectivity index (χ2v) is 6.90. The van der Waals surface area contributed by atoms with E-state index in [0.717, 1.165) is 0 Å². The van der Waals surface area contributed by atoms with Gasteiger partial charge in [-0.05, 0) is 39.5 Å². The molecule has 1 aliphatic rings. The quantitative estimate of drug-likeness (QED) is 0.866. The van der Waals surface area contributed by atoms with Gasteiger partial charge in [0.2, 0.25) is 0 Å². The number of hydrogen-bond acceptors (Lipinski definition) is 4. The number of aliphatic hydroxyl groups is 1. The molecule has 0 aromatic rings. The van der Waals surface area contributed by atoms with Gasteiger partial charge in [0, 0.05) is 25.4 Å². The molecule has 21 heavy (non-hydrogen) atoms. The van der Waals surface area contributed by atoms with Crippen LogP contribution in [-0.2, 0) is 9.53 Å². The summed E-state index contributed by atoms with van der Waals surface area (Å²) in [6.07, 6.45) is 0.963. The molecule has 1 heterocycles. The number of nitrogens with zero attached hydrogens (tertiary/aromatic N) is 1. The minimum absolute atomic E-state index is 0.0780. The summed E-state index contributed by atoms with van der Waals surface area (Å²) in [4.78, 5) is 25.3. The zero-order valence-corrected chi connectivity index (χ0v) is 13.9. The van der Waals surface area contributed by atoms with Crippen molar-refractivity contribution in [3.05, 3.63) is 0 Å². The monoisotopic (exact) mass is 299 g/mol. The first-order valence-electron chi connectivity index (χ1n) is 7.84. The van der Waals surface area contributed by atoms with Gasteiger partial charge in [-0.25, -0.2) is 4.79 Å². The molecule has 0 saturated carbocycles. The van der Waals surface area contributed by atoms with Crippen LogP contribution in [0.5, 0.6) is 0 Å². The van der Waals surface area contributed by atoms with E-state index in [2.05, 4.69) is 0 Å². The molecule has 1 amide bonds. The highest BCUT2D eigenvalue weighted by Crippen LogP contribution is 2.26. The van der Waals surface area contributed by atoms with Crippen molar-refractivity contribution in [2.45, 2.75) is 65.6 Å². The van der Waals surface area contributed by atoms with Gasteiger partial charge < -0.3 is 14.7 Å². The van der Waals surface area contributed by atoms with Crippen molar-refractivity contribution >= 4 is 11.9 Å². The molecule has 1 saturated heterocycles. The summed E-state index contributed by atoms with van der Waals surface area (Å²) in [7, 11) is 0. The third-order valence-corrected chi connectivity index (χ3v) is 4.04. The Balaban J connectivity index is 2.48. The van der Waals surface area contributed by atoms with E-state index in [0.29, 0.717) is 32.4 Å². The molecule has 1 aliphatic heterocycles. The number of aliphatic hydroxyl groups excluding tert-OH is 1. The normalized spacial score (nSPS) is 20.0. The maximum atomic E-state index is 12.0. The van der Waals surface area contributed by atoms with Gasteiger partial charge in [0.25, 0.3) is 0 Å². The largest absolute Gasteiger partial charge is 0.444 e. The minimum atomic E-state index is -0.613. The summed E-state index contributed by atoms with van der Waals surface area (Å²) in [5.41, 5.74) is -0.491. The lowest BCUT2D eigenvalue weighted by atomic mass is 9.83. The number of carbonyl (C=O) groups is 2. The fraction of sp³-hybridized carbons (Fsp3) is 0.875. The van der Waals surface area contributed by atoms with Crippen molar-refractivity contribution in [1.29, 1.82) is 0 Å². The van der Waals surface area contributed by atoms with E-state index >= 15 is 0 Å². The molecule has 5 nitrogen and oxygen atoms in total. The third-order valence-electron chi connectivity index (χ3n) is 4.04. The van der Waals surface area contributed by atoms with Crippen molar-refractivity contribution in [1.82, 2.24) is 4.90 Å². The molecule has 0 bridgehead atoms. The number of piperidine rings is 1. The topological polar surface area (TPSA) is 66.8 Å². The fourth-order valence-corrected chi connectivity index (χ4v) is 2.67. The Bertz CT molecular complexity index is 367. The maximum Gasteiger partial charge on any atom is 0.410 e. The Morgan fingerprint density at radius 1 is 1.29 bits per heavy atom. The van der Waals surface area contributed by atoms with Gasteiger partial charge in [0.1, 0.15) is 11.4 Å². The molecule has 1 fully saturated rings. The number of amides is 1. The maximum absolute atomic E-state index is 12.0. The van der Waals surface area contributed by atoms with Gasteiger partial charge in [-0.1, -0.05) is 13.8 Å². The summed E-state index contributed by atoms with van der Waals surface area (Å²) in [6, 6.07) is 0. The summed E-state index contributed by atoms with van der Waals surface area (Å²) >= 11 is 0. The highest BCUT2D eigenvalue weighted by molar-refractivity contribution is 5.80. The van der Waals surface area contributed by atoms with Crippen LogP contribution in [0.15, 0.2) is 0 Å². The number of Topliss-reactive ketones (excluding diaryl/α,β-unsaturated/α-hetero) is 1. The molecular formula is C16H29NO4. The van der Waals surface area contributed by atoms with Crippen LogP contribution in [0.1, 0.15) is 53.9 Å². The van der Waals surface area contributed by atoms with E-state index < -0.39 is 11.7 Å². The van der Waals surface area contributed by atoms with Gasteiger partial charge in [0.05, 0.1) is 6.10 Å². The van der Waals surface area contributed by atoms with Crippen LogP contribution in [0.3, 0.4) is 0 Å². The Labute approximate surface area is 127 Å². The molecule has 5 heteroatoms. The first-order chi connectivity index (χ1) is 9.65. The average Bonchev–Trinajstić information content (AvgIpc) is 2.43. The molecule has 1 rings (SSSR count). The predicted molar refractivity (Wildman–Crippen MR) is 81.0 cm³/mol. The second-order valence-electron chi connectivity index (χ2n) is 6.90. The van der Waals surface area contributed by atoms with Crippen molar-refractivity contribution in [3.8, 4) is 0 Å². The van der Waals surface area contributed by atoms with E-state index in [4.69, 9.17) is 4.74 Å². The van der Waals surface area contributed by atoms with Crippen LogP contribution < -0.4 is 0 Å². The molecule has 0 aromatic heterocycles. The predicted octanol–water partition coefficient (Wildman–Crippen LogP) is 2.61. The van der Waals surface area contributed by atoms with E-state index in [9.17, 15) is 14.7 Å². The first kappa shape index (κ1) is 18.0. The number of likely N-dealkylation sites (tertiary alicyclic amines) is 1. The molecular weight excluding hydrogens is 270 g/mol. The zero-order chi connectivity index (χ0) is 16.2. The van der Waals surface area contributed by atoms with Crippen molar-refractivity contribution in [3.63, 3.8) is 0 Å². The van der Waals surface area contributed by atoms with Gasteiger partial charge >= 0.3 is 6.09 Å². The summed E-state index contributed by atoms with van der Waals surface area (Å²) in [6.45, 7) is 10.3. The molecule has 0 radical (unpaired) electrons. The van der Waals surface area contributed by atoms with Gasteiger partial charge in [-0.2, -0.15) is 0 Å². The van der Waals surface area contributed by atoms with Gasteiger partial charge in [0.15, 0.2) is 0 Å². The molecule has 0 aliphatic carbocycles. The zero-order valence-electron chi connectivity index (χ0n) is 13.9. The van der Waals surface area contributed by atoms with Crippen molar-refractivity contribution < 1.29 is 19.4 Å². The Morgan fingerprint density at radius 2 is 1.81 bits per heavy atom. The summed E-state index contributed by atoms with van der Waals surface area (Å²) in [5.74, 6) is -0.153. The lowest BCUT2D eigenvalue weighted by Gasteiger charge is -2.36. The highest BCUT2D eigenvalue weighted by Gasteiger charge is 2.33. The number of hydrogen-bond donors (Lipinski definition) is 1. The third kappa shape index (κ3) is 5.30. The highest BCUT2D eigenvalue weighted by atomic mass is 16.6. The van der Waals surface area contributed by atoms with Crippen molar-refractivity contribution in [2.75, 3.05) is 13.1 Å². The van der Waals surface area contributed by atoms with Crippen LogP contribution in [0, 0.1) is 11.8 Å². The minimum Gasteiger partial charge on any atom is -0.444 e. The molecule has 1 N–H and O–H groups in total. The van der Waals surface area contributed by atoms with E-state index in [1.165, 1.54) is 0 Å². The average molecular weight is 299 g/mol. The number of carbonyl (C=O) groups excluding carboxylic acids is 2. The molecule has 0 unspecified atom stereocenters. The van der Waals surface area contributed by atoms with Crippen molar-refractivity contribution in [2.24, 2.45) is 11.8 Å².